The summed E-state index contributed by atoms with van der Waals surface area (Å²) in [6.45, 7) is 2.05. The Morgan fingerprint density at radius 1 is 1.07 bits per heavy atom. The Morgan fingerprint density at radius 3 is 2.59 bits per heavy atom. The van der Waals surface area contributed by atoms with Gasteiger partial charge in [-0.2, -0.15) is 5.10 Å². The third kappa shape index (κ3) is 5.75. The zero-order chi connectivity index (χ0) is 20.6. The SMILES string of the molecule is O=C(CCCNC(=O)c1ccc(F)cc1)NCCCn1nc2n(c1=O)CCCC2. The van der Waals surface area contributed by atoms with Crippen molar-refractivity contribution >= 4 is 11.8 Å². The number of nitrogens with zero attached hydrogens (tertiary/aromatic N) is 3. The van der Waals surface area contributed by atoms with Gasteiger partial charge in [0.25, 0.3) is 5.91 Å². The van der Waals surface area contributed by atoms with Gasteiger partial charge >= 0.3 is 5.69 Å². The molecule has 2 N–H and O–H groups in total. The van der Waals surface area contributed by atoms with Crippen molar-refractivity contribution < 1.29 is 14.0 Å². The van der Waals surface area contributed by atoms with Crippen LogP contribution in [-0.2, 0) is 24.3 Å². The number of hydrogen-bond acceptors (Lipinski definition) is 4. The van der Waals surface area contributed by atoms with Crippen LogP contribution in [0.4, 0.5) is 4.39 Å². The van der Waals surface area contributed by atoms with Crippen LogP contribution in [0.2, 0.25) is 0 Å². The summed E-state index contributed by atoms with van der Waals surface area (Å²) >= 11 is 0. The molecule has 0 bridgehead atoms. The molecule has 0 saturated carbocycles. The van der Waals surface area contributed by atoms with Crippen LogP contribution in [-0.4, -0.2) is 39.3 Å². The topological polar surface area (TPSA) is 98.0 Å². The van der Waals surface area contributed by atoms with Crippen molar-refractivity contribution in [2.24, 2.45) is 0 Å². The quantitative estimate of drug-likeness (QED) is 0.616. The lowest BCUT2D eigenvalue weighted by Gasteiger charge is -2.09. The molecule has 0 radical (unpaired) electrons. The van der Waals surface area contributed by atoms with E-state index in [1.54, 1.807) is 4.57 Å². The minimum Gasteiger partial charge on any atom is -0.356 e. The minimum absolute atomic E-state index is 0.0667. The second kappa shape index (κ2) is 9.99. The predicted molar refractivity (Wildman–Crippen MR) is 105 cm³/mol. The van der Waals surface area contributed by atoms with Crippen LogP contribution in [0.25, 0.3) is 0 Å². The molecule has 0 fully saturated rings. The zero-order valence-corrected chi connectivity index (χ0v) is 16.3. The van der Waals surface area contributed by atoms with Gasteiger partial charge in [0.05, 0.1) is 0 Å². The number of aryl methyl sites for hydroxylation is 2. The second-order valence-corrected chi connectivity index (χ2v) is 7.10. The minimum atomic E-state index is -0.393. The largest absolute Gasteiger partial charge is 0.356 e. The highest BCUT2D eigenvalue weighted by atomic mass is 19.1. The van der Waals surface area contributed by atoms with Gasteiger partial charge in [0.2, 0.25) is 5.91 Å². The molecule has 1 aliphatic rings. The third-order valence-electron chi connectivity index (χ3n) is 4.87. The highest BCUT2D eigenvalue weighted by molar-refractivity contribution is 5.94. The van der Waals surface area contributed by atoms with Crippen LogP contribution in [0.5, 0.6) is 0 Å². The van der Waals surface area contributed by atoms with Crippen LogP contribution in [0.15, 0.2) is 29.1 Å². The van der Waals surface area contributed by atoms with E-state index in [0.717, 1.165) is 31.6 Å². The van der Waals surface area contributed by atoms with E-state index in [4.69, 9.17) is 0 Å². The molecule has 2 heterocycles. The van der Waals surface area contributed by atoms with E-state index >= 15 is 0 Å². The maximum atomic E-state index is 12.8. The van der Waals surface area contributed by atoms with Gasteiger partial charge in [-0.3, -0.25) is 14.2 Å². The lowest BCUT2D eigenvalue weighted by molar-refractivity contribution is -0.121. The summed E-state index contributed by atoms with van der Waals surface area (Å²) in [4.78, 5) is 36.0. The van der Waals surface area contributed by atoms with E-state index in [9.17, 15) is 18.8 Å². The average Bonchev–Trinajstić information content (AvgIpc) is 3.05. The monoisotopic (exact) mass is 403 g/mol. The molecule has 2 amide bonds. The van der Waals surface area contributed by atoms with E-state index in [2.05, 4.69) is 15.7 Å². The van der Waals surface area contributed by atoms with Crippen molar-refractivity contribution in [1.29, 1.82) is 0 Å². The Bertz CT molecular complexity index is 904. The molecule has 2 aromatic rings. The van der Waals surface area contributed by atoms with E-state index in [0.29, 0.717) is 44.5 Å². The first-order valence-corrected chi connectivity index (χ1v) is 10.0. The molecule has 1 aliphatic heterocycles. The molecule has 0 spiro atoms. The maximum absolute atomic E-state index is 12.8. The number of fused-ring (bicyclic) bond motifs is 1. The fourth-order valence-electron chi connectivity index (χ4n) is 3.29. The first kappa shape index (κ1) is 20.8. The molecule has 0 aliphatic carbocycles. The summed E-state index contributed by atoms with van der Waals surface area (Å²) in [5.41, 5.74) is 0.315. The molecule has 0 saturated heterocycles. The van der Waals surface area contributed by atoms with Gasteiger partial charge in [0.1, 0.15) is 11.6 Å². The molecule has 1 aromatic heterocycles. The Kier molecular flexibility index (Phi) is 7.15. The number of rotatable bonds is 9. The molecule has 29 heavy (non-hydrogen) atoms. The van der Waals surface area contributed by atoms with Gasteiger partial charge < -0.3 is 10.6 Å². The summed E-state index contributed by atoms with van der Waals surface area (Å²) in [7, 11) is 0. The maximum Gasteiger partial charge on any atom is 0.345 e. The summed E-state index contributed by atoms with van der Waals surface area (Å²) in [6, 6.07) is 5.29. The van der Waals surface area contributed by atoms with E-state index in [1.807, 2.05) is 0 Å². The number of amides is 2. The van der Waals surface area contributed by atoms with Crippen LogP contribution >= 0.6 is 0 Å². The van der Waals surface area contributed by atoms with Gasteiger partial charge in [0, 0.05) is 44.6 Å². The molecule has 156 valence electrons. The van der Waals surface area contributed by atoms with Crippen molar-refractivity contribution in [1.82, 2.24) is 25.0 Å². The van der Waals surface area contributed by atoms with Crippen molar-refractivity contribution in [2.75, 3.05) is 13.1 Å². The number of hydrogen-bond donors (Lipinski definition) is 2. The highest BCUT2D eigenvalue weighted by Crippen LogP contribution is 2.09. The van der Waals surface area contributed by atoms with Gasteiger partial charge in [-0.1, -0.05) is 0 Å². The predicted octanol–water partition coefficient (Wildman–Crippen LogP) is 1.24. The molecule has 8 nitrogen and oxygen atoms in total. The molecule has 1 aromatic carbocycles. The number of carbonyl (C=O) groups excluding carboxylic acids is 2. The van der Waals surface area contributed by atoms with E-state index in [-0.39, 0.29) is 17.5 Å². The van der Waals surface area contributed by atoms with Gasteiger partial charge in [-0.15, -0.1) is 0 Å². The van der Waals surface area contributed by atoms with E-state index < -0.39 is 5.82 Å². The van der Waals surface area contributed by atoms with Crippen molar-refractivity contribution in [2.45, 2.75) is 51.6 Å². The standard InChI is InChI=1S/C20H26FN5O3/c21-16-9-7-15(8-10-16)19(28)23-11-3-6-18(27)22-12-4-14-26-20(29)25-13-2-1-5-17(25)24-26/h7-10H,1-6,11-14H2,(H,22,27)(H,23,28). The number of halogens is 1. The molecular weight excluding hydrogens is 377 g/mol. The molecule has 9 heteroatoms. The molecule has 0 unspecified atom stereocenters. The summed E-state index contributed by atoms with van der Waals surface area (Å²) in [5.74, 6) is 0.0692. The Labute approximate surface area is 168 Å². The van der Waals surface area contributed by atoms with Gasteiger partial charge in [-0.05, 0) is 49.9 Å². The van der Waals surface area contributed by atoms with Crippen molar-refractivity contribution in [3.63, 3.8) is 0 Å². The zero-order valence-electron chi connectivity index (χ0n) is 16.3. The first-order valence-electron chi connectivity index (χ1n) is 10.0. The van der Waals surface area contributed by atoms with E-state index in [1.165, 1.54) is 28.9 Å². The third-order valence-corrected chi connectivity index (χ3v) is 4.87. The number of aromatic nitrogens is 3. The number of carbonyl (C=O) groups is 2. The number of benzene rings is 1. The smallest absolute Gasteiger partial charge is 0.345 e. The summed E-state index contributed by atoms with van der Waals surface area (Å²) in [5, 5.41) is 9.89. The Morgan fingerprint density at radius 2 is 1.83 bits per heavy atom. The lowest BCUT2D eigenvalue weighted by atomic mass is 10.2. The van der Waals surface area contributed by atoms with Crippen LogP contribution < -0.4 is 16.3 Å². The number of nitrogens with one attached hydrogen (secondary N) is 2. The van der Waals surface area contributed by atoms with Crippen LogP contribution in [0.3, 0.4) is 0 Å². The fourth-order valence-corrected chi connectivity index (χ4v) is 3.29. The first-order chi connectivity index (χ1) is 14.0. The van der Waals surface area contributed by atoms with Crippen LogP contribution in [0.1, 0.15) is 48.3 Å². The molecule has 0 atom stereocenters. The molecular formula is C20H26FN5O3. The lowest BCUT2D eigenvalue weighted by Crippen LogP contribution is -2.30. The normalized spacial score (nSPS) is 13.0. The fraction of sp³-hybridized carbons (Fsp3) is 0.500. The molecule has 3 rings (SSSR count). The van der Waals surface area contributed by atoms with Crippen molar-refractivity contribution in [3.8, 4) is 0 Å². The second-order valence-electron chi connectivity index (χ2n) is 7.10. The van der Waals surface area contributed by atoms with Crippen LogP contribution in [0, 0.1) is 5.82 Å². The Hall–Kier alpha value is -2.97. The summed E-state index contributed by atoms with van der Waals surface area (Å²) in [6.07, 6.45) is 4.35. The Balaban J connectivity index is 1.28. The highest BCUT2D eigenvalue weighted by Gasteiger charge is 2.16. The van der Waals surface area contributed by atoms with Gasteiger partial charge in [-0.25, -0.2) is 13.9 Å². The van der Waals surface area contributed by atoms with Gasteiger partial charge in [0.15, 0.2) is 0 Å². The van der Waals surface area contributed by atoms with Crippen molar-refractivity contribution in [3.05, 3.63) is 52.0 Å². The summed E-state index contributed by atoms with van der Waals surface area (Å²) < 4.78 is 16.1. The average molecular weight is 403 g/mol.